The second-order valence-electron chi connectivity index (χ2n) is 7.46. The maximum absolute atomic E-state index is 11.3. The maximum Gasteiger partial charge on any atom is 0.296 e. The maximum atomic E-state index is 11.3. The van der Waals surface area contributed by atoms with Crippen molar-refractivity contribution in [2.45, 2.75) is 18.9 Å². The molecular weight excluding hydrogens is 406 g/mol. The van der Waals surface area contributed by atoms with Crippen molar-refractivity contribution in [2.75, 3.05) is 37.7 Å². The average molecular weight is 428 g/mol. The summed E-state index contributed by atoms with van der Waals surface area (Å²) >= 11 is 6.52. The highest BCUT2D eigenvalue weighted by Gasteiger charge is 2.21. The van der Waals surface area contributed by atoms with E-state index in [0.29, 0.717) is 47.3 Å². The van der Waals surface area contributed by atoms with Crippen molar-refractivity contribution >= 4 is 34.4 Å². The van der Waals surface area contributed by atoms with E-state index in [2.05, 4.69) is 37.3 Å². The first-order valence-corrected chi connectivity index (χ1v) is 10.5. The Morgan fingerprint density at radius 1 is 1.17 bits per heavy atom. The summed E-state index contributed by atoms with van der Waals surface area (Å²) in [4.78, 5) is 25.8. The monoisotopic (exact) mass is 427 g/mol. The van der Waals surface area contributed by atoms with Gasteiger partial charge in [0.1, 0.15) is 6.10 Å². The molecule has 9 heteroatoms. The van der Waals surface area contributed by atoms with Crippen LogP contribution in [0, 0.1) is 0 Å². The molecule has 1 unspecified atom stereocenters. The lowest BCUT2D eigenvalue weighted by Crippen LogP contribution is -2.41. The topological polar surface area (TPSA) is 92.4 Å². The minimum absolute atomic E-state index is 0.0529. The van der Waals surface area contributed by atoms with Gasteiger partial charge in [0.25, 0.3) is 6.01 Å². The number of halogens is 1. The Morgan fingerprint density at radius 2 is 1.97 bits per heavy atom. The minimum Gasteiger partial charge on any atom is -0.460 e. The normalized spacial score (nSPS) is 19.7. The molecule has 1 atom stereocenters. The number of piperidine rings is 1. The smallest absolute Gasteiger partial charge is 0.296 e. The molecule has 5 rings (SSSR count). The van der Waals surface area contributed by atoms with Crippen molar-refractivity contribution in [3.05, 3.63) is 35.4 Å². The van der Waals surface area contributed by atoms with Crippen molar-refractivity contribution in [2.24, 2.45) is 0 Å². The first-order chi connectivity index (χ1) is 14.7. The summed E-state index contributed by atoms with van der Waals surface area (Å²) in [5.74, 6) is 0.0529. The van der Waals surface area contributed by atoms with E-state index in [0.717, 1.165) is 37.6 Å². The van der Waals surface area contributed by atoms with Crippen LogP contribution in [0.1, 0.15) is 12.8 Å². The van der Waals surface area contributed by atoms with Crippen LogP contribution in [-0.4, -0.2) is 59.8 Å². The summed E-state index contributed by atoms with van der Waals surface area (Å²) in [6, 6.07) is 10.4. The Balaban J connectivity index is 1.36. The number of aromatic amines is 1. The number of aromatic nitrogens is 3. The van der Waals surface area contributed by atoms with Crippen LogP contribution in [0.4, 0.5) is 5.69 Å². The predicted molar refractivity (Wildman–Crippen MR) is 114 cm³/mol. The molecule has 0 bridgehead atoms. The Kier molecular flexibility index (Phi) is 5.18. The molecule has 2 fully saturated rings. The molecule has 1 aromatic carbocycles. The highest BCUT2D eigenvalue weighted by molar-refractivity contribution is 6.33. The number of morpholine rings is 1. The Hall–Kier alpha value is -2.84. The lowest BCUT2D eigenvalue weighted by atomic mass is 10.1. The molecule has 2 aromatic heterocycles. The molecule has 156 valence electrons. The van der Waals surface area contributed by atoms with Gasteiger partial charge in [-0.25, -0.2) is 4.98 Å². The zero-order chi connectivity index (χ0) is 20.5. The SMILES string of the molecule is O=C1CCC(Oc2nc3nc(-c4ccc(N5CCOCC5)cc4)c(Cl)cc3[nH]2)CN1. The van der Waals surface area contributed by atoms with E-state index in [-0.39, 0.29) is 12.0 Å². The van der Waals surface area contributed by atoms with Gasteiger partial charge < -0.3 is 24.7 Å². The summed E-state index contributed by atoms with van der Waals surface area (Å²) in [6.45, 7) is 3.77. The number of fused-ring (bicyclic) bond motifs is 1. The van der Waals surface area contributed by atoms with Crippen LogP contribution in [0.5, 0.6) is 6.01 Å². The van der Waals surface area contributed by atoms with Crippen LogP contribution in [0.2, 0.25) is 5.02 Å². The third kappa shape index (κ3) is 3.93. The van der Waals surface area contributed by atoms with Crippen LogP contribution in [0.3, 0.4) is 0 Å². The predicted octanol–water partition coefficient (Wildman–Crippen LogP) is 2.77. The first-order valence-electron chi connectivity index (χ1n) is 10.1. The quantitative estimate of drug-likeness (QED) is 0.665. The third-order valence-corrected chi connectivity index (χ3v) is 5.71. The van der Waals surface area contributed by atoms with Crippen molar-refractivity contribution in [3.63, 3.8) is 0 Å². The molecule has 0 aliphatic carbocycles. The van der Waals surface area contributed by atoms with Gasteiger partial charge in [0.15, 0.2) is 5.65 Å². The number of carbonyl (C=O) groups is 1. The van der Waals surface area contributed by atoms with Crippen LogP contribution in [0.25, 0.3) is 22.4 Å². The van der Waals surface area contributed by atoms with Crippen LogP contribution < -0.4 is 15.0 Å². The highest BCUT2D eigenvalue weighted by Crippen LogP contribution is 2.31. The average Bonchev–Trinajstić information content (AvgIpc) is 3.16. The van der Waals surface area contributed by atoms with Crippen molar-refractivity contribution in [1.82, 2.24) is 20.3 Å². The van der Waals surface area contributed by atoms with Gasteiger partial charge in [-0.2, -0.15) is 4.98 Å². The van der Waals surface area contributed by atoms with Crippen molar-refractivity contribution in [1.29, 1.82) is 0 Å². The second-order valence-corrected chi connectivity index (χ2v) is 7.87. The van der Waals surface area contributed by atoms with Gasteiger partial charge >= 0.3 is 0 Å². The van der Waals surface area contributed by atoms with Gasteiger partial charge in [0.2, 0.25) is 5.91 Å². The molecule has 2 aliphatic heterocycles. The van der Waals surface area contributed by atoms with E-state index in [1.54, 1.807) is 0 Å². The summed E-state index contributed by atoms with van der Waals surface area (Å²) in [5.41, 5.74) is 4.03. The minimum atomic E-state index is -0.106. The fourth-order valence-corrected chi connectivity index (χ4v) is 4.03. The number of nitrogens with one attached hydrogen (secondary N) is 2. The number of imidazole rings is 1. The number of anilines is 1. The van der Waals surface area contributed by atoms with Crippen molar-refractivity contribution in [3.8, 4) is 17.3 Å². The van der Waals surface area contributed by atoms with Crippen LogP contribution >= 0.6 is 11.6 Å². The van der Waals surface area contributed by atoms with Gasteiger partial charge in [-0.3, -0.25) is 4.79 Å². The first kappa shape index (κ1) is 19.1. The summed E-state index contributed by atoms with van der Waals surface area (Å²) < 4.78 is 11.3. The number of carbonyl (C=O) groups excluding carboxylic acids is 1. The van der Waals surface area contributed by atoms with E-state index in [1.807, 2.05) is 18.2 Å². The Bertz CT molecular complexity index is 1050. The van der Waals surface area contributed by atoms with E-state index in [4.69, 9.17) is 21.1 Å². The number of benzene rings is 1. The van der Waals surface area contributed by atoms with E-state index in [1.165, 1.54) is 0 Å². The lowest BCUT2D eigenvalue weighted by Gasteiger charge is -2.28. The van der Waals surface area contributed by atoms with Crippen molar-refractivity contribution < 1.29 is 14.3 Å². The van der Waals surface area contributed by atoms with Gasteiger partial charge in [0.05, 0.1) is 36.0 Å². The molecular formula is C21H22ClN5O3. The number of H-pyrrole nitrogens is 1. The van der Waals surface area contributed by atoms with Gasteiger partial charge in [-0.15, -0.1) is 0 Å². The number of nitrogens with zero attached hydrogens (tertiary/aromatic N) is 3. The van der Waals surface area contributed by atoms with Crippen LogP contribution in [0.15, 0.2) is 30.3 Å². The number of pyridine rings is 1. The molecule has 4 heterocycles. The lowest BCUT2D eigenvalue weighted by molar-refractivity contribution is -0.123. The van der Waals surface area contributed by atoms with Gasteiger partial charge in [-0.05, 0) is 24.6 Å². The number of hydrogen-bond acceptors (Lipinski definition) is 6. The fourth-order valence-electron chi connectivity index (χ4n) is 3.77. The zero-order valence-electron chi connectivity index (χ0n) is 16.4. The van der Waals surface area contributed by atoms with E-state index in [9.17, 15) is 4.79 Å². The van der Waals surface area contributed by atoms with Gasteiger partial charge in [0, 0.05) is 30.8 Å². The third-order valence-electron chi connectivity index (χ3n) is 5.42. The Morgan fingerprint density at radius 3 is 2.70 bits per heavy atom. The van der Waals surface area contributed by atoms with Crippen LogP contribution in [-0.2, 0) is 9.53 Å². The van der Waals surface area contributed by atoms with E-state index >= 15 is 0 Å². The number of ether oxygens (including phenoxy) is 2. The molecule has 0 spiro atoms. The molecule has 30 heavy (non-hydrogen) atoms. The zero-order valence-corrected chi connectivity index (χ0v) is 17.1. The summed E-state index contributed by atoms with van der Waals surface area (Å²) in [7, 11) is 0. The standard InChI is InChI=1S/C21H22ClN5O3/c22-16-11-17-20(26-21(24-17)30-15-5-6-18(28)23-12-15)25-19(16)13-1-3-14(4-2-13)27-7-9-29-10-8-27/h1-4,11,15H,5-10,12H2,(H,23,28)(H,24,25,26). The largest absolute Gasteiger partial charge is 0.460 e. The van der Waals surface area contributed by atoms with E-state index < -0.39 is 0 Å². The molecule has 0 radical (unpaired) electrons. The molecule has 8 nitrogen and oxygen atoms in total. The highest BCUT2D eigenvalue weighted by atomic mass is 35.5. The number of amides is 1. The molecule has 3 aromatic rings. The summed E-state index contributed by atoms with van der Waals surface area (Å²) in [6.07, 6.45) is 1.02. The van der Waals surface area contributed by atoms with Gasteiger partial charge in [-0.1, -0.05) is 23.7 Å². The Labute approximate surface area is 178 Å². The fraction of sp³-hybridized carbons (Fsp3) is 0.381. The molecule has 2 aliphatic rings. The molecule has 1 amide bonds. The molecule has 0 saturated carbocycles. The molecule has 2 saturated heterocycles. The summed E-state index contributed by atoms with van der Waals surface area (Å²) in [5, 5.41) is 3.34. The second kappa shape index (κ2) is 8.12. The molecule has 2 N–H and O–H groups in total. The number of hydrogen-bond donors (Lipinski definition) is 2. The number of rotatable bonds is 4.